The first-order valence-electron chi connectivity index (χ1n) is 3.93. The van der Waals surface area contributed by atoms with E-state index in [-0.39, 0.29) is 0 Å². The minimum atomic E-state index is 1.04. The average molecular weight is 106 g/mol. The van der Waals surface area contributed by atoms with Crippen molar-refractivity contribution < 1.29 is 0 Å². The average Bonchev–Trinajstić information content (AvgIpc) is 2.11. The first-order valence-corrected chi connectivity index (χ1v) is 3.93. The molecule has 4 fully saturated rings. The molecule has 0 aromatic rings. The van der Waals surface area contributed by atoms with Crippen LogP contribution in [0.25, 0.3) is 0 Å². The lowest BCUT2D eigenvalue weighted by Crippen LogP contribution is -2.37. The lowest BCUT2D eigenvalue weighted by atomic mass is 9.60. The van der Waals surface area contributed by atoms with Crippen molar-refractivity contribution in [3.8, 4) is 0 Å². The van der Waals surface area contributed by atoms with Gasteiger partial charge in [-0.2, -0.15) is 0 Å². The standard InChI is InChI=1S/C8H10/c1-2-8-3-5-4(1)6(8)7(5)8/h4-7H,1-3H2. The fraction of sp³-hybridized carbons (Fsp3) is 1.00. The van der Waals surface area contributed by atoms with Crippen molar-refractivity contribution in [2.75, 3.05) is 0 Å². The molecule has 0 aliphatic heterocycles. The van der Waals surface area contributed by atoms with Gasteiger partial charge in [0.2, 0.25) is 0 Å². The van der Waals surface area contributed by atoms with Crippen LogP contribution in [0.4, 0.5) is 0 Å². The summed E-state index contributed by atoms with van der Waals surface area (Å²) in [5, 5.41) is 0. The van der Waals surface area contributed by atoms with Gasteiger partial charge in [-0.25, -0.2) is 0 Å². The van der Waals surface area contributed by atoms with Crippen molar-refractivity contribution in [1.29, 1.82) is 0 Å². The van der Waals surface area contributed by atoms with Crippen molar-refractivity contribution in [3.05, 3.63) is 0 Å². The van der Waals surface area contributed by atoms with Crippen molar-refractivity contribution in [1.82, 2.24) is 0 Å². The molecular weight excluding hydrogens is 96.1 g/mol. The molecule has 4 saturated carbocycles. The highest BCUT2D eigenvalue weighted by Gasteiger charge is 2.89. The molecule has 0 nitrogen and oxygen atoms in total. The fourth-order valence-electron chi connectivity index (χ4n) is 4.42. The Morgan fingerprint density at radius 1 is 1.12 bits per heavy atom. The minimum absolute atomic E-state index is 1.04. The molecule has 42 valence electrons. The number of fused-ring (bicyclic) bond motifs is 1. The van der Waals surface area contributed by atoms with Gasteiger partial charge in [0.1, 0.15) is 0 Å². The third-order valence-corrected chi connectivity index (χ3v) is 4.64. The van der Waals surface area contributed by atoms with Crippen molar-refractivity contribution in [2.24, 2.45) is 29.1 Å². The Bertz CT molecular complexity index is 176. The van der Waals surface area contributed by atoms with E-state index >= 15 is 0 Å². The van der Waals surface area contributed by atoms with Gasteiger partial charge in [0.15, 0.2) is 0 Å². The minimum Gasteiger partial charge on any atom is -0.0493 e. The van der Waals surface area contributed by atoms with Gasteiger partial charge in [-0.05, 0) is 48.3 Å². The maximum Gasteiger partial charge on any atom is -0.0227 e. The molecule has 4 aliphatic carbocycles. The van der Waals surface area contributed by atoms with Crippen LogP contribution in [0.3, 0.4) is 0 Å². The Morgan fingerprint density at radius 2 is 2.00 bits per heavy atom. The lowest BCUT2D eigenvalue weighted by Gasteiger charge is -2.44. The van der Waals surface area contributed by atoms with E-state index in [1.54, 1.807) is 19.3 Å². The van der Waals surface area contributed by atoms with Crippen molar-refractivity contribution >= 4 is 0 Å². The Morgan fingerprint density at radius 3 is 2.12 bits per heavy atom. The van der Waals surface area contributed by atoms with Crippen LogP contribution in [0.15, 0.2) is 0 Å². The molecule has 5 unspecified atom stereocenters. The van der Waals surface area contributed by atoms with Crippen LogP contribution in [0.5, 0.6) is 0 Å². The van der Waals surface area contributed by atoms with Gasteiger partial charge < -0.3 is 0 Å². The molecule has 0 N–H and O–H groups in total. The van der Waals surface area contributed by atoms with Gasteiger partial charge in [0.25, 0.3) is 0 Å². The van der Waals surface area contributed by atoms with Gasteiger partial charge >= 0.3 is 0 Å². The molecule has 4 rings (SSSR count). The first kappa shape index (κ1) is 3.24. The largest absolute Gasteiger partial charge is 0.0493 e. The number of hydrogen-bond acceptors (Lipinski definition) is 0. The van der Waals surface area contributed by atoms with E-state index in [4.69, 9.17) is 0 Å². The smallest absolute Gasteiger partial charge is 0.0227 e. The molecule has 4 aliphatic rings. The van der Waals surface area contributed by atoms with Gasteiger partial charge in [-0.1, -0.05) is 0 Å². The van der Waals surface area contributed by atoms with Crippen LogP contribution in [0.1, 0.15) is 19.3 Å². The van der Waals surface area contributed by atoms with Gasteiger partial charge in [-0.15, -0.1) is 0 Å². The highest BCUT2D eigenvalue weighted by Crippen LogP contribution is 2.94. The zero-order valence-electron chi connectivity index (χ0n) is 4.93. The van der Waals surface area contributed by atoms with Crippen LogP contribution >= 0.6 is 0 Å². The van der Waals surface area contributed by atoms with E-state index in [1.165, 1.54) is 23.7 Å². The summed E-state index contributed by atoms with van der Waals surface area (Å²) in [6.07, 6.45) is 4.91. The first-order chi connectivity index (χ1) is 3.93. The molecule has 0 heteroatoms. The Labute approximate surface area is 49.3 Å². The second-order valence-corrected chi connectivity index (χ2v) is 4.36. The third-order valence-electron chi connectivity index (χ3n) is 4.64. The summed E-state index contributed by atoms with van der Waals surface area (Å²) in [4.78, 5) is 0. The van der Waals surface area contributed by atoms with Crippen LogP contribution in [0.2, 0.25) is 0 Å². The van der Waals surface area contributed by atoms with E-state index in [9.17, 15) is 0 Å². The third kappa shape index (κ3) is 0.110. The maximum absolute atomic E-state index is 1.66. The molecule has 1 spiro atoms. The fourth-order valence-corrected chi connectivity index (χ4v) is 4.42. The SMILES string of the molecule is C1CC23CC4C1C2C43. The molecule has 0 aromatic heterocycles. The highest BCUT2D eigenvalue weighted by atomic mass is 14.9. The van der Waals surface area contributed by atoms with Crippen LogP contribution in [0, 0.1) is 29.1 Å². The second kappa shape index (κ2) is 0.571. The molecule has 0 bridgehead atoms. The van der Waals surface area contributed by atoms with E-state index in [1.807, 2.05) is 0 Å². The van der Waals surface area contributed by atoms with E-state index in [2.05, 4.69) is 0 Å². The molecule has 5 atom stereocenters. The summed E-state index contributed by atoms with van der Waals surface area (Å²) >= 11 is 0. The van der Waals surface area contributed by atoms with Gasteiger partial charge in [0, 0.05) is 0 Å². The Hall–Kier alpha value is 0. The molecule has 0 heterocycles. The topological polar surface area (TPSA) is 0 Å². The molecular formula is C8H10. The summed E-state index contributed by atoms with van der Waals surface area (Å²) in [7, 11) is 0. The summed E-state index contributed by atoms with van der Waals surface area (Å²) in [6.45, 7) is 0. The molecule has 8 heavy (non-hydrogen) atoms. The molecule has 0 saturated heterocycles. The second-order valence-electron chi connectivity index (χ2n) is 4.36. The number of hydrogen-bond donors (Lipinski definition) is 0. The summed E-state index contributed by atoms with van der Waals surface area (Å²) in [5.41, 5.74) is 1.04. The Balaban J connectivity index is 2.08. The predicted octanol–water partition coefficient (Wildman–Crippen LogP) is 1.66. The lowest BCUT2D eigenvalue weighted by molar-refractivity contribution is 0.0445. The highest BCUT2D eigenvalue weighted by molar-refractivity contribution is 5.36. The van der Waals surface area contributed by atoms with Crippen molar-refractivity contribution in [2.45, 2.75) is 19.3 Å². The molecule has 0 radical (unpaired) electrons. The summed E-state index contributed by atoms with van der Waals surface area (Å²) in [6, 6.07) is 0. The van der Waals surface area contributed by atoms with Crippen molar-refractivity contribution in [3.63, 3.8) is 0 Å². The van der Waals surface area contributed by atoms with E-state index < -0.39 is 0 Å². The predicted molar refractivity (Wildman–Crippen MR) is 30.2 cm³/mol. The van der Waals surface area contributed by atoms with E-state index in [0.29, 0.717) is 0 Å². The quantitative estimate of drug-likeness (QED) is 0.440. The number of rotatable bonds is 0. The summed E-state index contributed by atoms with van der Waals surface area (Å²) < 4.78 is 0. The molecule has 0 amide bonds. The van der Waals surface area contributed by atoms with Crippen LogP contribution in [-0.2, 0) is 0 Å². The van der Waals surface area contributed by atoms with Gasteiger partial charge in [-0.3, -0.25) is 0 Å². The zero-order valence-corrected chi connectivity index (χ0v) is 4.93. The van der Waals surface area contributed by atoms with Gasteiger partial charge in [0.05, 0.1) is 0 Å². The zero-order chi connectivity index (χ0) is 4.93. The monoisotopic (exact) mass is 106 g/mol. The molecule has 0 aromatic carbocycles. The normalized spacial score (nSPS) is 87.0. The van der Waals surface area contributed by atoms with Crippen LogP contribution < -0.4 is 0 Å². The maximum atomic E-state index is 1.66. The van der Waals surface area contributed by atoms with E-state index in [0.717, 1.165) is 5.41 Å². The van der Waals surface area contributed by atoms with Crippen LogP contribution in [-0.4, -0.2) is 0 Å². The Kier molecular flexibility index (Phi) is 0.231. The summed E-state index contributed by atoms with van der Waals surface area (Å²) in [5.74, 6) is 5.14.